The highest BCUT2D eigenvalue weighted by molar-refractivity contribution is 7.18. The molecule has 4 nitrogen and oxygen atoms in total. The molecule has 3 aromatic rings. The van der Waals surface area contributed by atoms with Gasteiger partial charge in [0.05, 0.1) is 37.8 Å². The van der Waals surface area contributed by atoms with E-state index in [0.717, 1.165) is 45.3 Å². The van der Waals surface area contributed by atoms with Crippen LogP contribution in [0.4, 0.5) is 11.4 Å². The Morgan fingerprint density at radius 2 is 2.26 bits per heavy atom. The molecule has 0 spiro atoms. The highest BCUT2D eigenvalue weighted by atomic mass is 32.1. The molecule has 0 aliphatic rings. The fourth-order valence-electron chi connectivity index (χ4n) is 1.94. The summed E-state index contributed by atoms with van der Waals surface area (Å²) >= 11 is 3.29. The summed E-state index contributed by atoms with van der Waals surface area (Å²) in [7, 11) is 0. The number of nitrogen functional groups attached to an aromatic ring is 1. The Kier molecular flexibility index (Phi) is 3.35. The van der Waals surface area contributed by atoms with Crippen LogP contribution in [0.1, 0.15) is 10.7 Å². The van der Waals surface area contributed by atoms with Gasteiger partial charge in [-0.2, -0.15) is 0 Å². The lowest BCUT2D eigenvalue weighted by Crippen LogP contribution is -2.07. The molecule has 0 saturated carbocycles. The van der Waals surface area contributed by atoms with Crippen LogP contribution in [0.2, 0.25) is 0 Å². The minimum atomic E-state index is 0.773. The highest BCUT2D eigenvalue weighted by Gasteiger charge is 2.06. The summed E-state index contributed by atoms with van der Waals surface area (Å²) in [6.45, 7) is 2.83. The van der Waals surface area contributed by atoms with E-state index in [1.165, 1.54) is 0 Å². The van der Waals surface area contributed by atoms with E-state index < -0.39 is 0 Å². The average molecular weight is 290 g/mol. The van der Waals surface area contributed by atoms with Gasteiger partial charge in [0, 0.05) is 18.3 Å². The molecular formula is C13H14N4S2. The molecule has 19 heavy (non-hydrogen) atoms. The van der Waals surface area contributed by atoms with E-state index in [9.17, 15) is 0 Å². The number of aromatic nitrogens is 2. The zero-order valence-corrected chi connectivity index (χ0v) is 12.1. The lowest BCUT2D eigenvalue weighted by molar-refractivity contribution is 0.978. The number of hydrogen-bond acceptors (Lipinski definition) is 6. The van der Waals surface area contributed by atoms with Gasteiger partial charge >= 0.3 is 0 Å². The number of anilines is 2. The monoisotopic (exact) mass is 290 g/mol. The van der Waals surface area contributed by atoms with Crippen LogP contribution in [0.25, 0.3) is 10.2 Å². The van der Waals surface area contributed by atoms with Gasteiger partial charge in [-0.25, -0.2) is 9.97 Å². The minimum absolute atomic E-state index is 0.773. The van der Waals surface area contributed by atoms with Gasteiger partial charge in [0.2, 0.25) is 0 Å². The van der Waals surface area contributed by atoms with Crippen LogP contribution < -0.4 is 11.1 Å². The third-order valence-corrected chi connectivity index (χ3v) is 4.42. The number of benzene rings is 1. The first-order chi connectivity index (χ1) is 9.22. The molecule has 0 fully saturated rings. The highest BCUT2D eigenvalue weighted by Crippen LogP contribution is 2.29. The molecule has 0 radical (unpaired) electrons. The molecule has 0 atom stereocenters. The Morgan fingerprint density at radius 1 is 1.37 bits per heavy atom. The van der Waals surface area contributed by atoms with E-state index >= 15 is 0 Å². The number of hydrogen-bond donors (Lipinski definition) is 2. The number of rotatable bonds is 4. The standard InChI is InChI=1S/C13H14N4S2/c1-8-17-12-5-11(10(14)4-13(12)19-8)15-3-2-9-6-18-7-16-9/h4-7,15H,2-3,14H2,1H3. The van der Waals surface area contributed by atoms with Crippen molar-refractivity contribution in [2.75, 3.05) is 17.6 Å². The number of nitrogens with two attached hydrogens (primary N) is 1. The van der Waals surface area contributed by atoms with Gasteiger partial charge in [0.25, 0.3) is 0 Å². The topological polar surface area (TPSA) is 63.8 Å². The van der Waals surface area contributed by atoms with Crippen molar-refractivity contribution in [2.45, 2.75) is 13.3 Å². The summed E-state index contributed by atoms with van der Waals surface area (Å²) in [4.78, 5) is 8.74. The van der Waals surface area contributed by atoms with E-state index in [2.05, 4.69) is 20.7 Å². The lowest BCUT2D eigenvalue weighted by Gasteiger charge is -2.08. The molecule has 0 aliphatic carbocycles. The van der Waals surface area contributed by atoms with Gasteiger partial charge in [0.1, 0.15) is 0 Å². The Labute approximate surface area is 119 Å². The molecule has 0 saturated heterocycles. The lowest BCUT2D eigenvalue weighted by atomic mass is 10.2. The first kappa shape index (κ1) is 12.4. The van der Waals surface area contributed by atoms with Crippen LogP contribution in [0, 0.1) is 6.92 Å². The summed E-state index contributed by atoms with van der Waals surface area (Å²) in [5, 5.41) is 6.49. The van der Waals surface area contributed by atoms with Gasteiger partial charge in [-0.15, -0.1) is 22.7 Å². The summed E-state index contributed by atoms with van der Waals surface area (Å²) in [5.41, 5.74) is 11.8. The molecule has 2 aromatic heterocycles. The van der Waals surface area contributed by atoms with Crippen LogP contribution in [-0.4, -0.2) is 16.5 Å². The van der Waals surface area contributed by atoms with Crippen LogP contribution >= 0.6 is 22.7 Å². The van der Waals surface area contributed by atoms with E-state index in [1.807, 2.05) is 24.6 Å². The quantitative estimate of drug-likeness (QED) is 0.724. The zero-order chi connectivity index (χ0) is 13.2. The van der Waals surface area contributed by atoms with Gasteiger partial charge in [-0.05, 0) is 19.1 Å². The van der Waals surface area contributed by atoms with Gasteiger partial charge < -0.3 is 11.1 Å². The maximum atomic E-state index is 6.06. The minimum Gasteiger partial charge on any atom is -0.397 e. The number of aryl methyl sites for hydroxylation is 1. The number of nitrogens with one attached hydrogen (secondary N) is 1. The summed E-state index contributed by atoms with van der Waals surface area (Å²) in [5.74, 6) is 0. The fraction of sp³-hybridized carbons (Fsp3) is 0.231. The summed E-state index contributed by atoms with van der Waals surface area (Å²) in [6, 6.07) is 4.01. The average Bonchev–Trinajstić information content (AvgIpc) is 2.98. The van der Waals surface area contributed by atoms with Crippen molar-refractivity contribution < 1.29 is 0 Å². The Balaban J connectivity index is 1.74. The van der Waals surface area contributed by atoms with E-state index in [4.69, 9.17) is 5.73 Å². The van der Waals surface area contributed by atoms with Crippen molar-refractivity contribution in [3.63, 3.8) is 0 Å². The van der Waals surface area contributed by atoms with Crippen molar-refractivity contribution in [1.82, 2.24) is 9.97 Å². The summed E-state index contributed by atoms with van der Waals surface area (Å²) in [6.07, 6.45) is 0.900. The molecule has 3 rings (SSSR count). The molecule has 3 N–H and O–H groups in total. The number of fused-ring (bicyclic) bond motifs is 1. The number of thiazole rings is 2. The van der Waals surface area contributed by atoms with Crippen molar-refractivity contribution >= 4 is 44.3 Å². The second kappa shape index (κ2) is 5.14. The third kappa shape index (κ3) is 2.69. The molecule has 0 aliphatic heterocycles. The first-order valence-electron chi connectivity index (χ1n) is 6.00. The Bertz CT molecular complexity index is 688. The van der Waals surface area contributed by atoms with E-state index in [-0.39, 0.29) is 0 Å². The van der Waals surface area contributed by atoms with Gasteiger partial charge in [-0.3, -0.25) is 0 Å². The van der Waals surface area contributed by atoms with Crippen molar-refractivity contribution in [2.24, 2.45) is 0 Å². The van der Waals surface area contributed by atoms with Crippen molar-refractivity contribution in [1.29, 1.82) is 0 Å². The smallest absolute Gasteiger partial charge is 0.0907 e. The second-order valence-electron chi connectivity index (χ2n) is 4.30. The van der Waals surface area contributed by atoms with E-state index in [0.29, 0.717) is 0 Å². The third-order valence-electron chi connectivity index (χ3n) is 2.85. The first-order valence-corrected chi connectivity index (χ1v) is 7.76. The fourth-order valence-corrected chi connectivity index (χ4v) is 3.39. The Hall–Kier alpha value is -1.66. The SMILES string of the molecule is Cc1nc2cc(NCCc3cscn3)c(N)cc2s1. The molecule has 0 amide bonds. The maximum absolute atomic E-state index is 6.06. The molecule has 0 bridgehead atoms. The van der Waals surface area contributed by atoms with E-state index in [1.54, 1.807) is 22.7 Å². The molecule has 6 heteroatoms. The van der Waals surface area contributed by atoms with Crippen molar-refractivity contribution in [3.8, 4) is 0 Å². The van der Waals surface area contributed by atoms with Crippen LogP contribution in [0.15, 0.2) is 23.0 Å². The molecular weight excluding hydrogens is 276 g/mol. The molecule has 2 heterocycles. The van der Waals surface area contributed by atoms with Crippen LogP contribution in [0.5, 0.6) is 0 Å². The van der Waals surface area contributed by atoms with Crippen molar-refractivity contribution in [3.05, 3.63) is 33.7 Å². The second-order valence-corrected chi connectivity index (χ2v) is 6.25. The summed E-state index contributed by atoms with van der Waals surface area (Å²) < 4.78 is 1.14. The van der Waals surface area contributed by atoms with Gasteiger partial charge in [0.15, 0.2) is 0 Å². The van der Waals surface area contributed by atoms with Crippen LogP contribution in [-0.2, 0) is 6.42 Å². The predicted molar refractivity (Wildman–Crippen MR) is 83.1 cm³/mol. The van der Waals surface area contributed by atoms with Gasteiger partial charge in [-0.1, -0.05) is 0 Å². The normalized spacial score (nSPS) is 11.0. The van der Waals surface area contributed by atoms with Crippen LogP contribution in [0.3, 0.4) is 0 Å². The largest absolute Gasteiger partial charge is 0.397 e. The Morgan fingerprint density at radius 3 is 3.05 bits per heavy atom. The predicted octanol–water partition coefficient (Wildman–Crippen LogP) is 3.30. The zero-order valence-electron chi connectivity index (χ0n) is 10.5. The molecule has 98 valence electrons. The maximum Gasteiger partial charge on any atom is 0.0907 e. The molecule has 0 unspecified atom stereocenters. The number of nitrogens with zero attached hydrogens (tertiary/aromatic N) is 2. The molecule has 1 aromatic carbocycles.